The summed E-state index contributed by atoms with van der Waals surface area (Å²) in [6, 6.07) is 0. The van der Waals surface area contributed by atoms with Crippen LogP contribution in [-0.4, -0.2) is 19.5 Å². The zero-order chi connectivity index (χ0) is 8.69. The van der Waals surface area contributed by atoms with E-state index >= 15 is 0 Å². The summed E-state index contributed by atoms with van der Waals surface area (Å²) in [5.41, 5.74) is 1.89. The molecule has 0 rings (SSSR count). The maximum Gasteiger partial charge on any atom is 0.0284 e. The second-order valence-electron chi connectivity index (χ2n) is 2.02. The molecule has 0 heterocycles. The van der Waals surface area contributed by atoms with Gasteiger partial charge in [-0.15, -0.1) is 0 Å². The Hall–Kier alpha value is -1.18. The fourth-order valence-corrected chi connectivity index (χ4v) is 0.788. The molecule has 1 N–H and O–H groups in total. The molecule has 0 spiro atoms. The number of allylic oxidation sites excluding steroid dienone is 4. The van der Waals surface area contributed by atoms with E-state index in [1.54, 1.807) is 13.3 Å². The van der Waals surface area contributed by atoms with Crippen molar-refractivity contribution in [1.29, 1.82) is 5.41 Å². The summed E-state index contributed by atoms with van der Waals surface area (Å²) >= 11 is 0. The molecule has 0 fully saturated rings. The Kier molecular flexibility index (Phi) is 4.99. The molecule has 0 radical (unpaired) electrons. The third kappa shape index (κ3) is 2.94. The van der Waals surface area contributed by atoms with Gasteiger partial charge in [0.2, 0.25) is 0 Å². The molecule has 0 saturated heterocycles. The number of rotatable bonds is 3. The van der Waals surface area contributed by atoms with Crippen molar-refractivity contribution in [1.82, 2.24) is 0 Å². The standard InChI is InChI=1S/C9H14N2/c1-4-8(6-10)9(5-2)7-11-3/h4-7,10H,1-3H3/b8-4+,9-5+,10-6?,11-7-. The van der Waals surface area contributed by atoms with Gasteiger partial charge in [-0.3, -0.25) is 4.99 Å². The van der Waals surface area contributed by atoms with Crippen molar-refractivity contribution < 1.29 is 0 Å². The molecule has 0 aliphatic heterocycles. The topological polar surface area (TPSA) is 36.2 Å². The van der Waals surface area contributed by atoms with Gasteiger partial charge in [-0.25, -0.2) is 0 Å². The molecule has 0 saturated carbocycles. The molecule has 0 bridgehead atoms. The van der Waals surface area contributed by atoms with Gasteiger partial charge in [0.1, 0.15) is 0 Å². The lowest BCUT2D eigenvalue weighted by Crippen LogP contribution is -1.91. The molecule has 2 nitrogen and oxygen atoms in total. The first-order valence-corrected chi connectivity index (χ1v) is 3.55. The van der Waals surface area contributed by atoms with Crippen LogP contribution < -0.4 is 0 Å². The summed E-state index contributed by atoms with van der Waals surface area (Å²) in [4.78, 5) is 3.89. The van der Waals surface area contributed by atoms with Gasteiger partial charge in [0.15, 0.2) is 0 Å². The Morgan fingerprint density at radius 3 is 2.00 bits per heavy atom. The maximum absolute atomic E-state index is 7.08. The third-order valence-corrected chi connectivity index (χ3v) is 1.38. The van der Waals surface area contributed by atoms with E-state index in [9.17, 15) is 0 Å². The molecule has 2 heteroatoms. The van der Waals surface area contributed by atoms with E-state index in [4.69, 9.17) is 5.41 Å². The van der Waals surface area contributed by atoms with Crippen molar-refractivity contribution in [3.8, 4) is 0 Å². The molecular formula is C9H14N2. The molecule has 0 aromatic heterocycles. The second-order valence-corrected chi connectivity index (χ2v) is 2.02. The van der Waals surface area contributed by atoms with Crippen molar-refractivity contribution in [3.05, 3.63) is 23.3 Å². The van der Waals surface area contributed by atoms with Crippen molar-refractivity contribution in [2.45, 2.75) is 13.8 Å². The van der Waals surface area contributed by atoms with Crippen molar-refractivity contribution in [2.24, 2.45) is 4.99 Å². The minimum absolute atomic E-state index is 0.901. The molecule has 0 aromatic carbocycles. The van der Waals surface area contributed by atoms with Crippen molar-refractivity contribution in [2.75, 3.05) is 7.05 Å². The molecule has 60 valence electrons. The van der Waals surface area contributed by atoms with Crippen LogP contribution in [0.5, 0.6) is 0 Å². The lowest BCUT2D eigenvalue weighted by Gasteiger charge is -1.98. The quantitative estimate of drug-likeness (QED) is 0.473. The van der Waals surface area contributed by atoms with Crippen molar-refractivity contribution in [3.63, 3.8) is 0 Å². The molecule has 0 aromatic rings. The Morgan fingerprint density at radius 2 is 1.73 bits per heavy atom. The molecule has 0 amide bonds. The first kappa shape index (κ1) is 9.82. The maximum atomic E-state index is 7.08. The van der Waals surface area contributed by atoms with Crippen molar-refractivity contribution >= 4 is 12.4 Å². The SMILES string of the molecule is C/C=C(C=N)/C(/C=N\C)=C/C. The molecular weight excluding hydrogens is 136 g/mol. The van der Waals surface area contributed by atoms with Gasteiger partial charge in [-0.2, -0.15) is 0 Å². The van der Waals surface area contributed by atoms with Crippen LogP contribution in [0, 0.1) is 5.41 Å². The second kappa shape index (κ2) is 5.59. The monoisotopic (exact) mass is 150 g/mol. The van der Waals surface area contributed by atoms with Crippen LogP contribution in [0.3, 0.4) is 0 Å². The summed E-state index contributed by atoms with van der Waals surface area (Å²) in [5.74, 6) is 0. The highest BCUT2D eigenvalue weighted by Gasteiger charge is 1.94. The van der Waals surface area contributed by atoms with E-state index < -0.39 is 0 Å². The highest BCUT2D eigenvalue weighted by Crippen LogP contribution is 2.03. The van der Waals surface area contributed by atoms with E-state index in [1.165, 1.54) is 6.21 Å². The number of hydrogen-bond donors (Lipinski definition) is 1. The van der Waals surface area contributed by atoms with Crippen LogP contribution in [0.25, 0.3) is 0 Å². The van der Waals surface area contributed by atoms with Crippen LogP contribution in [0.4, 0.5) is 0 Å². The van der Waals surface area contributed by atoms with Crippen LogP contribution >= 0.6 is 0 Å². The van der Waals surface area contributed by atoms with Crippen LogP contribution in [0.15, 0.2) is 28.3 Å². The van der Waals surface area contributed by atoms with Gasteiger partial charge < -0.3 is 5.41 Å². The van der Waals surface area contributed by atoms with E-state index in [0.717, 1.165) is 11.1 Å². The number of nitrogens with one attached hydrogen (secondary N) is 1. The molecule has 0 atom stereocenters. The van der Waals surface area contributed by atoms with E-state index in [0.29, 0.717) is 0 Å². The fourth-order valence-electron chi connectivity index (χ4n) is 0.788. The first-order chi connectivity index (χ1) is 5.29. The number of nitrogens with zero attached hydrogens (tertiary/aromatic N) is 1. The average Bonchev–Trinajstić information content (AvgIpc) is 2.05. The molecule has 0 aliphatic carbocycles. The number of aliphatic imine (C=N–C) groups is 1. The van der Waals surface area contributed by atoms with Gasteiger partial charge in [0.25, 0.3) is 0 Å². The Labute approximate surface area is 67.9 Å². The Bertz CT molecular complexity index is 210. The lowest BCUT2D eigenvalue weighted by atomic mass is 10.1. The third-order valence-electron chi connectivity index (χ3n) is 1.38. The highest BCUT2D eigenvalue weighted by molar-refractivity contribution is 5.97. The van der Waals surface area contributed by atoms with Crippen LogP contribution in [0.2, 0.25) is 0 Å². The van der Waals surface area contributed by atoms with Gasteiger partial charge in [0.05, 0.1) is 0 Å². The van der Waals surface area contributed by atoms with Gasteiger partial charge >= 0.3 is 0 Å². The van der Waals surface area contributed by atoms with Gasteiger partial charge in [0, 0.05) is 19.5 Å². The summed E-state index contributed by atoms with van der Waals surface area (Å²) in [7, 11) is 1.72. The predicted octanol–water partition coefficient (Wildman–Crippen LogP) is 2.23. The smallest absolute Gasteiger partial charge is 0.0284 e. The van der Waals surface area contributed by atoms with Crippen LogP contribution in [0.1, 0.15) is 13.8 Å². The van der Waals surface area contributed by atoms with E-state index in [1.807, 2.05) is 26.0 Å². The normalized spacial score (nSPS) is 14.1. The molecule has 0 unspecified atom stereocenters. The lowest BCUT2D eigenvalue weighted by molar-refractivity contribution is 1.44. The van der Waals surface area contributed by atoms with Crippen LogP contribution in [-0.2, 0) is 0 Å². The summed E-state index contributed by atoms with van der Waals surface area (Å²) in [6.07, 6.45) is 6.91. The summed E-state index contributed by atoms with van der Waals surface area (Å²) in [5, 5.41) is 7.08. The summed E-state index contributed by atoms with van der Waals surface area (Å²) in [6.45, 7) is 3.84. The highest BCUT2D eigenvalue weighted by atomic mass is 14.6. The largest absolute Gasteiger partial charge is 0.308 e. The molecule has 11 heavy (non-hydrogen) atoms. The Morgan fingerprint density at radius 1 is 1.18 bits per heavy atom. The van der Waals surface area contributed by atoms with E-state index in [-0.39, 0.29) is 0 Å². The Balaban J connectivity index is 4.64. The fraction of sp³-hybridized carbons (Fsp3) is 0.333. The minimum atomic E-state index is 0.901. The van der Waals surface area contributed by atoms with E-state index in [2.05, 4.69) is 4.99 Å². The summed E-state index contributed by atoms with van der Waals surface area (Å²) < 4.78 is 0. The predicted molar refractivity (Wildman–Crippen MR) is 50.7 cm³/mol. The van der Waals surface area contributed by atoms with Gasteiger partial charge in [-0.05, 0) is 25.0 Å². The average molecular weight is 150 g/mol. The zero-order valence-corrected chi connectivity index (χ0v) is 7.26. The first-order valence-electron chi connectivity index (χ1n) is 3.55. The minimum Gasteiger partial charge on any atom is -0.308 e. The molecule has 0 aliphatic rings. The number of hydrogen-bond acceptors (Lipinski definition) is 2. The zero-order valence-electron chi connectivity index (χ0n) is 7.26. The van der Waals surface area contributed by atoms with Gasteiger partial charge in [-0.1, -0.05) is 12.2 Å².